The number of ether oxygens (including phenoxy) is 1. The molecule has 2 heterocycles. The van der Waals surface area contributed by atoms with Gasteiger partial charge in [-0.1, -0.05) is 39.0 Å². The maximum absolute atomic E-state index is 6.40. The van der Waals surface area contributed by atoms with Crippen molar-refractivity contribution in [2.24, 2.45) is 11.3 Å². The molecule has 1 saturated carbocycles. The van der Waals surface area contributed by atoms with Crippen LogP contribution in [0.15, 0.2) is 54.9 Å². The SMILES string of the molecule is CC(C)(C)[C@H]1CC[C@H](Oc2ccc3cc(CN4CCN(c5ncccn5)CC4)ccc3c2)CC1. The lowest BCUT2D eigenvalue weighted by Gasteiger charge is -2.37. The molecule has 1 aromatic heterocycles. The van der Waals surface area contributed by atoms with Gasteiger partial charge in [-0.2, -0.15) is 0 Å². The van der Waals surface area contributed by atoms with Gasteiger partial charge in [-0.25, -0.2) is 9.97 Å². The van der Waals surface area contributed by atoms with Gasteiger partial charge in [0.1, 0.15) is 5.75 Å². The Hall–Kier alpha value is -2.66. The Bertz CT molecular complexity index is 1080. The molecule has 2 fully saturated rings. The highest BCUT2D eigenvalue weighted by molar-refractivity contribution is 5.84. The van der Waals surface area contributed by atoms with Crippen molar-refractivity contribution < 1.29 is 4.74 Å². The minimum Gasteiger partial charge on any atom is -0.490 e. The Morgan fingerprint density at radius 3 is 2.24 bits per heavy atom. The van der Waals surface area contributed by atoms with E-state index in [4.69, 9.17) is 4.74 Å². The van der Waals surface area contributed by atoms with E-state index >= 15 is 0 Å². The largest absolute Gasteiger partial charge is 0.490 e. The van der Waals surface area contributed by atoms with Crippen LogP contribution in [0, 0.1) is 11.3 Å². The maximum Gasteiger partial charge on any atom is 0.225 e. The van der Waals surface area contributed by atoms with Gasteiger partial charge >= 0.3 is 0 Å². The molecule has 0 amide bonds. The van der Waals surface area contributed by atoms with Gasteiger partial charge in [0, 0.05) is 45.1 Å². The van der Waals surface area contributed by atoms with Gasteiger partial charge < -0.3 is 9.64 Å². The van der Waals surface area contributed by atoms with E-state index in [9.17, 15) is 0 Å². The number of piperazine rings is 1. The average molecular weight is 459 g/mol. The van der Waals surface area contributed by atoms with Crippen LogP contribution < -0.4 is 9.64 Å². The van der Waals surface area contributed by atoms with Crippen LogP contribution in [0.1, 0.15) is 52.0 Å². The van der Waals surface area contributed by atoms with Crippen molar-refractivity contribution in [2.75, 3.05) is 31.1 Å². The van der Waals surface area contributed by atoms with Crippen LogP contribution in [0.4, 0.5) is 5.95 Å². The van der Waals surface area contributed by atoms with Crippen LogP contribution in [-0.4, -0.2) is 47.2 Å². The van der Waals surface area contributed by atoms with Crippen molar-refractivity contribution in [3.8, 4) is 5.75 Å². The van der Waals surface area contributed by atoms with E-state index in [1.807, 2.05) is 18.5 Å². The van der Waals surface area contributed by atoms with Crippen molar-refractivity contribution in [3.05, 3.63) is 60.4 Å². The van der Waals surface area contributed by atoms with Crippen LogP contribution >= 0.6 is 0 Å². The van der Waals surface area contributed by atoms with Gasteiger partial charge in [-0.05, 0) is 77.6 Å². The number of rotatable bonds is 5. The van der Waals surface area contributed by atoms with Crippen molar-refractivity contribution in [1.29, 1.82) is 0 Å². The molecule has 1 aliphatic heterocycles. The molecule has 34 heavy (non-hydrogen) atoms. The predicted octanol–water partition coefficient (Wildman–Crippen LogP) is 5.94. The van der Waals surface area contributed by atoms with Gasteiger partial charge in [-0.15, -0.1) is 0 Å². The predicted molar refractivity (Wildman–Crippen MR) is 139 cm³/mol. The van der Waals surface area contributed by atoms with Crippen molar-refractivity contribution in [3.63, 3.8) is 0 Å². The summed E-state index contributed by atoms with van der Waals surface area (Å²) in [5.74, 6) is 2.67. The molecular formula is C29H38N4O. The smallest absolute Gasteiger partial charge is 0.225 e. The number of hydrogen-bond acceptors (Lipinski definition) is 5. The molecule has 2 aromatic carbocycles. The summed E-state index contributed by atoms with van der Waals surface area (Å²) < 4.78 is 6.40. The third-order valence-corrected chi connectivity index (χ3v) is 7.69. The summed E-state index contributed by atoms with van der Waals surface area (Å²) in [6, 6.07) is 15.3. The first-order chi connectivity index (χ1) is 16.4. The molecule has 0 bridgehead atoms. The lowest BCUT2D eigenvalue weighted by atomic mass is 9.72. The van der Waals surface area contributed by atoms with E-state index in [0.29, 0.717) is 11.5 Å². The Kier molecular flexibility index (Phi) is 6.73. The number of benzene rings is 2. The first-order valence-corrected chi connectivity index (χ1v) is 12.9. The van der Waals surface area contributed by atoms with Crippen molar-refractivity contribution in [2.45, 2.75) is 59.1 Å². The second kappa shape index (κ2) is 9.91. The lowest BCUT2D eigenvalue weighted by Crippen LogP contribution is -2.46. The highest BCUT2D eigenvalue weighted by Crippen LogP contribution is 2.39. The quantitative estimate of drug-likeness (QED) is 0.474. The number of fused-ring (bicyclic) bond motifs is 1. The molecule has 2 aliphatic rings. The first-order valence-electron chi connectivity index (χ1n) is 12.9. The van der Waals surface area contributed by atoms with Crippen molar-refractivity contribution >= 4 is 16.7 Å². The molecule has 0 spiro atoms. The number of anilines is 1. The fourth-order valence-corrected chi connectivity index (χ4v) is 5.50. The summed E-state index contributed by atoms with van der Waals surface area (Å²) >= 11 is 0. The molecule has 3 aromatic rings. The molecule has 5 heteroatoms. The summed E-state index contributed by atoms with van der Waals surface area (Å²) in [7, 11) is 0. The van der Waals surface area contributed by atoms with Crippen LogP contribution in [0.25, 0.3) is 10.8 Å². The summed E-state index contributed by atoms with van der Waals surface area (Å²) in [6.07, 6.45) is 8.88. The van der Waals surface area contributed by atoms with E-state index in [1.54, 1.807) is 0 Å². The summed E-state index contributed by atoms with van der Waals surface area (Å²) in [5.41, 5.74) is 1.78. The molecule has 180 valence electrons. The van der Waals surface area contributed by atoms with E-state index < -0.39 is 0 Å². The minimum absolute atomic E-state index is 0.357. The molecule has 5 nitrogen and oxygen atoms in total. The van der Waals surface area contributed by atoms with Gasteiger partial charge in [0.15, 0.2) is 0 Å². The van der Waals surface area contributed by atoms with Crippen LogP contribution in [0.3, 0.4) is 0 Å². The third-order valence-electron chi connectivity index (χ3n) is 7.69. The molecule has 0 N–H and O–H groups in total. The van der Waals surface area contributed by atoms with Crippen LogP contribution in [0.2, 0.25) is 0 Å². The molecule has 0 atom stereocenters. The third kappa shape index (κ3) is 5.52. The zero-order chi connectivity index (χ0) is 23.5. The molecule has 0 radical (unpaired) electrons. The number of hydrogen-bond donors (Lipinski definition) is 0. The maximum atomic E-state index is 6.40. The summed E-state index contributed by atoms with van der Waals surface area (Å²) in [6.45, 7) is 12.1. The molecule has 1 aliphatic carbocycles. The van der Waals surface area contributed by atoms with Crippen LogP contribution in [0.5, 0.6) is 5.75 Å². The molecule has 0 unspecified atom stereocenters. The van der Waals surface area contributed by atoms with Crippen LogP contribution in [-0.2, 0) is 6.54 Å². The van der Waals surface area contributed by atoms with Crippen molar-refractivity contribution in [1.82, 2.24) is 14.9 Å². The summed E-state index contributed by atoms with van der Waals surface area (Å²) in [4.78, 5) is 13.6. The monoisotopic (exact) mass is 458 g/mol. The van der Waals surface area contributed by atoms with E-state index in [0.717, 1.165) is 50.3 Å². The van der Waals surface area contributed by atoms with Gasteiger partial charge in [0.2, 0.25) is 5.95 Å². The van der Waals surface area contributed by atoms with E-state index in [1.165, 1.54) is 42.0 Å². The topological polar surface area (TPSA) is 41.5 Å². The second-order valence-electron chi connectivity index (χ2n) is 11.1. The van der Waals surface area contributed by atoms with Gasteiger partial charge in [0.25, 0.3) is 0 Å². The zero-order valence-corrected chi connectivity index (χ0v) is 20.9. The first kappa shape index (κ1) is 23.1. The van der Waals surface area contributed by atoms with Gasteiger partial charge in [0.05, 0.1) is 6.10 Å². The fraction of sp³-hybridized carbons (Fsp3) is 0.517. The Balaban J connectivity index is 1.16. The fourth-order valence-electron chi connectivity index (χ4n) is 5.50. The lowest BCUT2D eigenvalue weighted by molar-refractivity contribution is 0.0883. The Morgan fingerprint density at radius 1 is 0.853 bits per heavy atom. The standard InChI is InChI=1S/C29H38N4O/c1-29(2,3)25-8-11-26(12-9-25)34-27-10-7-23-19-22(5-6-24(23)20-27)21-32-15-17-33(18-16-32)28-30-13-4-14-31-28/h4-7,10,13-14,19-20,25-26H,8-9,11-12,15-18,21H2,1-3H3/t25-,26-. The average Bonchev–Trinajstić information content (AvgIpc) is 2.85. The number of nitrogens with zero attached hydrogens (tertiary/aromatic N) is 4. The molecule has 1 saturated heterocycles. The Labute approximate surface area is 204 Å². The summed E-state index contributed by atoms with van der Waals surface area (Å²) in [5, 5.41) is 2.55. The van der Waals surface area contributed by atoms with E-state index in [-0.39, 0.29) is 0 Å². The number of aromatic nitrogens is 2. The second-order valence-corrected chi connectivity index (χ2v) is 11.1. The minimum atomic E-state index is 0.357. The normalized spacial score (nSPS) is 22.1. The highest BCUT2D eigenvalue weighted by atomic mass is 16.5. The highest BCUT2D eigenvalue weighted by Gasteiger charge is 2.30. The zero-order valence-electron chi connectivity index (χ0n) is 20.9. The molecular weight excluding hydrogens is 420 g/mol. The van der Waals surface area contributed by atoms with E-state index in [2.05, 4.69) is 76.9 Å². The molecule has 5 rings (SSSR count). The van der Waals surface area contributed by atoms with Gasteiger partial charge in [-0.3, -0.25) is 4.90 Å². The Morgan fingerprint density at radius 2 is 1.53 bits per heavy atom.